The van der Waals surface area contributed by atoms with Gasteiger partial charge in [0.1, 0.15) is 5.75 Å². The largest absolute Gasteiger partial charge is 0.497 e. The average molecular weight is 316 g/mol. The van der Waals surface area contributed by atoms with Crippen molar-refractivity contribution in [3.63, 3.8) is 0 Å². The van der Waals surface area contributed by atoms with Crippen LogP contribution in [0.25, 0.3) is 6.08 Å². The second kappa shape index (κ2) is 7.01. The van der Waals surface area contributed by atoms with Gasteiger partial charge in [0.15, 0.2) is 5.17 Å². The molecule has 2 heterocycles. The highest BCUT2D eigenvalue weighted by Gasteiger charge is 2.26. The van der Waals surface area contributed by atoms with Crippen LogP contribution in [-0.2, 0) is 4.79 Å². The van der Waals surface area contributed by atoms with Gasteiger partial charge in [0, 0.05) is 13.1 Å². The third-order valence-corrected chi connectivity index (χ3v) is 4.94. The van der Waals surface area contributed by atoms with Gasteiger partial charge in [-0.25, -0.2) is 0 Å². The predicted octanol–water partition coefficient (Wildman–Crippen LogP) is 3.54. The number of hydrogen-bond acceptors (Lipinski definition) is 4. The Morgan fingerprint density at radius 3 is 2.45 bits per heavy atom. The van der Waals surface area contributed by atoms with E-state index in [9.17, 15) is 4.79 Å². The normalized spacial score (nSPS) is 21.0. The van der Waals surface area contributed by atoms with Gasteiger partial charge in [-0.2, -0.15) is 4.99 Å². The van der Waals surface area contributed by atoms with E-state index in [4.69, 9.17) is 4.74 Å². The van der Waals surface area contributed by atoms with Gasteiger partial charge in [0.05, 0.1) is 12.0 Å². The van der Waals surface area contributed by atoms with E-state index in [2.05, 4.69) is 9.89 Å². The molecule has 0 bridgehead atoms. The van der Waals surface area contributed by atoms with E-state index in [0.29, 0.717) is 4.91 Å². The van der Waals surface area contributed by atoms with Gasteiger partial charge in [0.2, 0.25) is 0 Å². The summed E-state index contributed by atoms with van der Waals surface area (Å²) >= 11 is 1.50. The van der Waals surface area contributed by atoms with Crippen molar-refractivity contribution < 1.29 is 9.53 Å². The summed E-state index contributed by atoms with van der Waals surface area (Å²) in [6.07, 6.45) is 6.82. The molecule has 1 fully saturated rings. The van der Waals surface area contributed by atoms with Gasteiger partial charge in [-0.05, 0) is 48.4 Å². The summed E-state index contributed by atoms with van der Waals surface area (Å²) in [7, 11) is 1.64. The molecule has 0 spiro atoms. The van der Waals surface area contributed by atoms with E-state index in [0.717, 1.165) is 29.6 Å². The van der Waals surface area contributed by atoms with Crippen LogP contribution in [0.1, 0.15) is 31.2 Å². The quantitative estimate of drug-likeness (QED) is 0.783. The molecule has 1 amide bonds. The molecular weight excluding hydrogens is 296 g/mol. The van der Waals surface area contributed by atoms with Crippen LogP contribution < -0.4 is 4.74 Å². The lowest BCUT2D eigenvalue weighted by atomic mass is 10.2. The number of carbonyl (C=O) groups excluding carboxylic acids is 1. The van der Waals surface area contributed by atoms with Crippen molar-refractivity contribution in [2.75, 3.05) is 20.2 Å². The number of hydrogen-bond donors (Lipinski definition) is 0. The zero-order valence-corrected chi connectivity index (χ0v) is 13.6. The van der Waals surface area contributed by atoms with Crippen LogP contribution in [0, 0.1) is 0 Å². The Morgan fingerprint density at radius 1 is 1.14 bits per heavy atom. The molecule has 0 radical (unpaired) electrons. The van der Waals surface area contributed by atoms with Crippen LogP contribution in [0.15, 0.2) is 34.2 Å². The molecule has 0 aliphatic carbocycles. The summed E-state index contributed by atoms with van der Waals surface area (Å²) in [6, 6.07) is 7.69. The number of carbonyl (C=O) groups is 1. The molecule has 4 nitrogen and oxygen atoms in total. The Morgan fingerprint density at radius 2 is 1.82 bits per heavy atom. The van der Waals surface area contributed by atoms with E-state index in [1.165, 1.54) is 37.4 Å². The van der Waals surface area contributed by atoms with E-state index >= 15 is 0 Å². The standard InChI is InChI=1S/C17H20N2O2S/c1-21-14-8-6-13(7-9-14)12-15-16(20)18-17(22-15)19-10-4-2-3-5-11-19/h6-9,12H,2-5,10-11H2,1H3/b15-12-. The maximum atomic E-state index is 12.1. The van der Waals surface area contributed by atoms with Gasteiger partial charge in [0.25, 0.3) is 5.91 Å². The highest BCUT2D eigenvalue weighted by atomic mass is 32.2. The molecule has 0 unspecified atom stereocenters. The minimum Gasteiger partial charge on any atom is -0.497 e. The van der Waals surface area contributed by atoms with E-state index in [1.807, 2.05) is 30.3 Å². The number of likely N-dealkylation sites (tertiary alicyclic amines) is 1. The summed E-state index contributed by atoms with van der Waals surface area (Å²) in [5.41, 5.74) is 0.990. The van der Waals surface area contributed by atoms with Crippen molar-refractivity contribution in [2.45, 2.75) is 25.7 Å². The van der Waals surface area contributed by atoms with Crippen molar-refractivity contribution in [3.05, 3.63) is 34.7 Å². The Bertz CT molecular complexity index is 600. The monoisotopic (exact) mass is 316 g/mol. The third-order valence-electron chi connectivity index (χ3n) is 3.90. The molecule has 0 saturated carbocycles. The topological polar surface area (TPSA) is 41.9 Å². The molecule has 1 aromatic rings. The number of ether oxygens (including phenoxy) is 1. The first kappa shape index (κ1) is 15.2. The zero-order chi connectivity index (χ0) is 15.4. The molecule has 116 valence electrons. The minimum absolute atomic E-state index is 0.125. The lowest BCUT2D eigenvalue weighted by Crippen LogP contribution is -2.28. The molecule has 1 saturated heterocycles. The van der Waals surface area contributed by atoms with Crippen LogP contribution in [0.2, 0.25) is 0 Å². The molecular formula is C17H20N2O2S. The maximum absolute atomic E-state index is 12.1. The number of amidine groups is 1. The third kappa shape index (κ3) is 3.53. The molecule has 3 rings (SSSR count). The Labute approximate surface area is 135 Å². The first-order chi connectivity index (χ1) is 10.8. The molecule has 22 heavy (non-hydrogen) atoms. The van der Waals surface area contributed by atoms with Gasteiger partial charge >= 0.3 is 0 Å². The highest BCUT2D eigenvalue weighted by Crippen LogP contribution is 2.31. The van der Waals surface area contributed by atoms with Crippen LogP contribution in [-0.4, -0.2) is 36.2 Å². The average Bonchev–Trinajstić information content (AvgIpc) is 2.76. The Kier molecular flexibility index (Phi) is 4.83. The van der Waals surface area contributed by atoms with E-state index in [-0.39, 0.29) is 5.91 Å². The van der Waals surface area contributed by atoms with Crippen molar-refractivity contribution in [1.82, 2.24) is 4.90 Å². The second-order valence-corrected chi connectivity index (χ2v) is 6.49. The first-order valence-electron chi connectivity index (χ1n) is 7.68. The first-order valence-corrected chi connectivity index (χ1v) is 8.49. The van der Waals surface area contributed by atoms with Crippen molar-refractivity contribution >= 4 is 28.9 Å². The lowest BCUT2D eigenvalue weighted by molar-refractivity contribution is -0.113. The summed E-state index contributed by atoms with van der Waals surface area (Å²) in [6.45, 7) is 2.02. The molecule has 2 aliphatic rings. The van der Waals surface area contributed by atoms with Crippen molar-refractivity contribution in [1.29, 1.82) is 0 Å². The minimum atomic E-state index is -0.125. The van der Waals surface area contributed by atoms with E-state index < -0.39 is 0 Å². The SMILES string of the molecule is COc1ccc(/C=C2\SC(N3CCCCCC3)=NC2=O)cc1. The molecule has 0 N–H and O–H groups in total. The molecule has 0 atom stereocenters. The van der Waals surface area contributed by atoms with Crippen LogP contribution in [0.4, 0.5) is 0 Å². The summed E-state index contributed by atoms with van der Waals surface area (Å²) < 4.78 is 5.15. The zero-order valence-electron chi connectivity index (χ0n) is 12.7. The summed E-state index contributed by atoms with van der Waals surface area (Å²) in [5, 5.41) is 0.867. The van der Waals surface area contributed by atoms with Crippen molar-refractivity contribution in [2.24, 2.45) is 4.99 Å². The smallest absolute Gasteiger partial charge is 0.286 e. The molecule has 0 aromatic heterocycles. The summed E-state index contributed by atoms with van der Waals surface area (Å²) in [5.74, 6) is 0.689. The Balaban J connectivity index is 1.71. The van der Waals surface area contributed by atoms with Gasteiger partial charge in [-0.15, -0.1) is 0 Å². The number of thioether (sulfide) groups is 1. The fourth-order valence-electron chi connectivity index (χ4n) is 2.65. The van der Waals surface area contributed by atoms with Crippen molar-refractivity contribution in [3.8, 4) is 5.75 Å². The predicted molar refractivity (Wildman–Crippen MR) is 91.0 cm³/mol. The molecule has 5 heteroatoms. The van der Waals surface area contributed by atoms with Gasteiger partial charge in [-0.3, -0.25) is 4.79 Å². The van der Waals surface area contributed by atoms with Crippen LogP contribution in [0.5, 0.6) is 5.75 Å². The fourth-order valence-corrected chi connectivity index (χ4v) is 3.61. The van der Waals surface area contributed by atoms with E-state index in [1.54, 1.807) is 7.11 Å². The number of benzene rings is 1. The molecule has 2 aliphatic heterocycles. The number of methoxy groups -OCH3 is 1. The lowest BCUT2D eigenvalue weighted by Gasteiger charge is -2.20. The van der Waals surface area contributed by atoms with Gasteiger partial charge < -0.3 is 9.64 Å². The molecule has 1 aromatic carbocycles. The number of amides is 1. The highest BCUT2D eigenvalue weighted by molar-refractivity contribution is 8.18. The van der Waals surface area contributed by atoms with Crippen LogP contribution in [0.3, 0.4) is 0 Å². The number of nitrogens with zero attached hydrogens (tertiary/aromatic N) is 2. The van der Waals surface area contributed by atoms with Gasteiger partial charge in [-0.1, -0.05) is 25.0 Å². The second-order valence-electron chi connectivity index (χ2n) is 5.48. The number of rotatable bonds is 2. The number of aliphatic imine (C=N–C) groups is 1. The Hall–Kier alpha value is -1.75. The fraction of sp³-hybridized carbons (Fsp3) is 0.412. The summed E-state index contributed by atoms with van der Waals surface area (Å²) in [4.78, 5) is 19.3. The maximum Gasteiger partial charge on any atom is 0.286 e. The van der Waals surface area contributed by atoms with Crippen LogP contribution >= 0.6 is 11.8 Å².